The normalized spacial score (nSPS) is 14.7. The summed E-state index contributed by atoms with van der Waals surface area (Å²) in [5, 5.41) is 13.7. The van der Waals surface area contributed by atoms with Crippen molar-refractivity contribution in [1.29, 1.82) is 0 Å². The van der Waals surface area contributed by atoms with Crippen LogP contribution in [0.15, 0.2) is 48.6 Å². The van der Waals surface area contributed by atoms with Gasteiger partial charge in [0, 0.05) is 6.42 Å². The standard InChI is InChI=1S/C49H93N2O6P/c1-6-8-10-12-14-16-17-18-19-20-21-22-23-24-25-26-27-28-29-30-31-32-33-35-37-39-41-43-49(53)50-47(46-57-58(54,55)56-45-44-51(3,4)5)48(52)42-40-38-36-34-15-13-11-9-7-2/h7,9,15,20-21,34,40,42,47-48,52H,6,8,10-14,16-19,22-33,35-39,41,43-46H2,1-5H3,(H-,50,53,54,55)/b9-7+,21-20-,34-15+,42-40+. The summed E-state index contributed by atoms with van der Waals surface area (Å²) in [5.41, 5.74) is 0. The van der Waals surface area contributed by atoms with Crippen molar-refractivity contribution in [2.45, 2.75) is 219 Å². The van der Waals surface area contributed by atoms with E-state index in [0.29, 0.717) is 17.4 Å². The molecule has 1 amide bonds. The van der Waals surface area contributed by atoms with Crippen LogP contribution in [0.4, 0.5) is 0 Å². The van der Waals surface area contributed by atoms with E-state index in [9.17, 15) is 19.4 Å². The summed E-state index contributed by atoms with van der Waals surface area (Å²) in [5.74, 6) is -0.214. The van der Waals surface area contributed by atoms with E-state index in [1.54, 1.807) is 6.08 Å². The molecule has 8 nitrogen and oxygen atoms in total. The van der Waals surface area contributed by atoms with Crippen molar-refractivity contribution in [1.82, 2.24) is 5.32 Å². The average Bonchev–Trinajstić information content (AvgIpc) is 3.17. The van der Waals surface area contributed by atoms with Crippen molar-refractivity contribution in [2.24, 2.45) is 0 Å². The van der Waals surface area contributed by atoms with Crippen LogP contribution in [0.5, 0.6) is 0 Å². The van der Waals surface area contributed by atoms with E-state index in [-0.39, 0.29) is 12.5 Å². The van der Waals surface area contributed by atoms with E-state index in [4.69, 9.17) is 9.05 Å². The number of allylic oxidation sites excluding steroid dienone is 7. The maximum Gasteiger partial charge on any atom is 0.268 e. The molecule has 0 spiro atoms. The molecule has 0 fully saturated rings. The first-order chi connectivity index (χ1) is 28.0. The molecule has 0 rings (SSSR count). The van der Waals surface area contributed by atoms with Gasteiger partial charge in [0.05, 0.1) is 39.9 Å². The summed E-state index contributed by atoms with van der Waals surface area (Å²) in [6, 6.07) is -0.907. The van der Waals surface area contributed by atoms with Crippen molar-refractivity contribution in [3.05, 3.63) is 48.6 Å². The molecule has 0 aliphatic carbocycles. The molecule has 0 saturated heterocycles. The SMILES string of the molecule is C/C=C/CC/C=C/CC/C=C/C(O)C(COP(=O)([O-])OCC[N+](C)(C)C)NC(=O)CCCCCCCCCCCCCCCCC/C=C\CCCCCCCCCC. The fourth-order valence-electron chi connectivity index (χ4n) is 6.77. The number of carbonyl (C=O) groups is 1. The highest BCUT2D eigenvalue weighted by Gasteiger charge is 2.23. The van der Waals surface area contributed by atoms with Crippen LogP contribution in [0.2, 0.25) is 0 Å². The molecule has 3 unspecified atom stereocenters. The first kappa shape index (κ1) is 56.5. The Hall–Kier alpha value is -1.54. The Bertz CT molecular complexity index is 1090. The predicted octanol–water partition coefficient (Wildman–Crippen LogP) is 13.0. The monoisotopic (exact) mass is 837 g/mol. The van der Waals surface area contributed by atoms with Crippen LogP contribution in [0.3, 0.4) is 0 Å². The lowest BCUT2D eigenvalue weighted by Crippen LogP contribution is -2.45. The average molecular weight is 837 g/mol. The Kier molecular flexibility index (Phi) is 39.8. The molecule has 9 heteroatoms. The molecule has 2 N–H and O–H groups in total. The first-order valence-corrected chi connectivity index (χ1v) is 25.4. The van der Waals surface area contributed by atoms with Crippen molar-refractivity contribution in [3.63, 3.8) is 0 Å². The number of phosphoric ester groups is 1. The lowest BCUT2D eigenvalue weighted by molar-refractivity contribution is -0.870. The second kappa shape index (κ2) is 40.8. The van der Waals surface area contributed by atoms with E-state index in [1.807, 2.05) is 40.2 Å². The molecular weight excluding hydrogens is 744 g/mol. The van der Waals surface area contributed by atoms with E-state index < -0.39 is 26.6 Å². The van der Waals surface area contributed by atoms with Crippen LogP contribution < -0.4 is 10.2 Å². The Balaban J connectivity index is 4.08. The van der Waals surface area contributed by atoms with Crippen molar-refractivity contribution < 1.29 is 32.9 Å². The quantitative estimate of drug-likeness (QED) is 0.0274. The van der Waals surface area contributed by atoms with Crippen LogP contribution in [-0.2, 0) is 18.4 Å². The first-order valence-electron chi connectivity index (χ1n) is 24.0. The van der Waals surface area contributed by atoms with E-state index in [1.165, 1.54) is 141 Å². The molecule has 0 saturated carbocycles. The van der Waals surface area contributed by atoms with Gasteiger partial charge in [0.1, 0.15) is 13.2 Å². The van der Waals surface area contributed by atoms with Crippen molar-refractivity contribution >= 4 is 13.7 Å². The number of likely N-dealkylation sites (N-methyl/N-ethyl adjacent to an activating group) is 1. The van der Waals surface area contributed by atoms with Crippen LogP contribution in [0, 0.1) is 0 Å². The number of aliphatic hydroxyl groups is 1. The second-order valence-electron chi connectivity index (χ2n) is 17.5. The lowest BCUT2D eigenvalue weighted by Gasteiger charge is -2.29. The van der Waals surface area contributed by atoms with Crippen LogP contribution >= 0.6 is 7.82 Å². The van der Waals surface area contributed by atoms with Gasteiger partial charge < -0.3 is 28.8 Å². The highest BCUT2D eigenvalue weighted by atomic mass is 31.2. The van der Waals surface area contributed by atoms with Gasteiger partial charge in [-0.15, -0.1) is 0 Å². The van der Waals surface area contributed by atoms with E-state index in [0.717, 1.165) is 44.9 Å². The molecule has 0 aromatic heterocycles. The summed E-state index contributed by atoms with van der Waals surface area (Å²) >= 11 is 0. The van der Waals surface area contributed by atoms with Crippen molar-refractivity contribution in [3.8, 4) is 0 Å². The number of phosphoric acid groups is 1. The molecule has 58 heavy (non-hydrogen) atoms. The Morgan fingerprint density at radius 2 is 1.03 bits per heavy atom. The van der Waals surface area contributed by atoms with Crippen LogP contribution in [-0.4, -0.2) is 68.5 Å². The summed E-state index contributed by atoms with van der Waals surface area (Å²) in [7, 11) is 1.23. The van der Waals surface area contributed by atoms with Gasteiger partial charge in [0.2, 0.25) is 5.91 Å². The van der Waals surface area contributed by atoms with Gasteiger partial charge in [-0.2, -0.15) is 0 Å². The van der Waals surface area contributed by atoms with Gasteiger partial charge in [0.15, 0.2) is 0 Å². The largest absolute Gasteiger partial charge is 0.756 e. The molecular formula is C49H93N2O6P. The van der Waals surface area contributed by atoms with Gasteiger partial charge in [-0.25, -0.2) is 0 Å². The maximum absolute atomic E-state index is 12.8. The van der Waals surface area contributed by atoms with Crippen LogP contribution in [0.25, 0.3) is 0 Å². The van der Waals surface area contributed by atoms with Gasteiger partial charge in [-0.3, -0.25) is 9.36 Å². The maximum atomic E-state index is 12.8. The number of amides is 1. The van der Waals surface area contributed by atoms with E-state index >= 15 is 0 Å². The van der Waals surface area contributed by atoms with Crippen LogP contribution in [0.1, 0.15) is 206 Å². The molecule has 0 aliphatic heterocycles. The minimum Gasteiger partial charge on any atom is -0.756 e. The molecule has 0 bridgehead atoms. The summed E-state index contributed by atoms with van der Waals surface area (Å²) in [6.45, 7) is 4.38. The highest BCUT2D eigenvalue weighted by Crippen LogP contribution is 2.38. The van der Waals surface area contributed by atoms with Gasteiger partial charge in [0.25, 0.3) is 7.82 Å². The summed E-state index contributed by atoms with van der Waals surface area (Å²) in [4.78, 5) is 25.2. The minimum atomic E-state index is -4.59. The smallest absolute Gasteiger partial charge is 0.268 e. The zero-order chi connectivity index (χ0) is 42.8. The lowest BCUT2D eigenvalue weighted by atomic mass is 10.0. The number of hydrogen-bond acceptors (Lipinski definition) is 6. The number of nitrogens with zero attached hydrogens (tertiary/aromatic N) is 1. The number of unbranched alkanes of at least 4 members (excludes halogenated alkanes) is 25. The molecule has 0 aromatic rings. The van der Waals surface area contributed by atoms with Gasteiger partial charge >= 0.3 is 0 Å². The molecule has 0 aliphatic rings. The molecule has 340 valence electrons. The highest BCUT2D eigenvalue weighted by molar-refractivity contribution is 7.45. The fraction of sp³-hybridized carbons (Fsp3) is 0.816. The molecule has 3 atom stereocenters. The Morgan fingerprint density at radius 1 is 0.621 bits per heavy atom. The number of aliphatic hydroxyl groups excluding tert-OH is 1. The predicted molar refractivity (Wildman–Crippen MR) is 247 cm³/mol. The zero-order valence-corrected chi connectivity index (χ0v) is 39.4. The number of hydrogen-bond donors (Lipinski definition) is 2. The molecule has 0 heterocycles. The molecule has 0 radical (unpaired) electrons. The second-order valence-corrected chi connectivity index (χ2v) is 18.9. The number of carbonyl (C=O) groups excluding carboxylic acids is 1. The van der Waals surface area contributed by atoms with E-state index in [2.05, 4.69) is 42.6 Å². The van der Waals surface area contributed by atoms with Gasteiger partial charge in [-0.05, 0) is 64.7 Å². The topological polar surface area (TPSA) is 108 Å². The number of rotatable bonds is 43. The Morgan fingerprint density at radius 3 is 1.50 bits per heavy atom. The summed E-state index contributed by atoms with van der Waals surface area (Å²) < 4.78 is 23.1. The number of quaternary nitrogens is 1. The zero-order valence-electron chi connectivity index (χ0n) is 38.5. The molecule has 0 aromatic carbocycles. The minimum absolute atomic E-state index is 0.00972. The van der Waals surface area contributed by atoms with Gasteiger partial charge in [-0.1, -0.05) is 184 Å². The third kappa shape index (κ3) is 42.6. The Labute approximate surface area is 359 Å². The number of nitrogens with one attached hydrogen (secondary N) is 1. The third-order valence-corrected chi connectivity index (χ3v) is 11.5. The summed E-state index contributed by atoms with van der Waals surface area (Å²) in [6.07, 6.45) is 52.1. The third-order valence-electron chi connectivity index (χ3n) is 10.6. The fourth-order valence-corrected chi connectivity index (χ4v) is 7.50. The van der Waals surface area contributed by atoms with Crippen molar-refractivity contribution in [2.75, 3.05) is 40.9 Å².